The molecule has 1 aromatic carbocycles. The molecule has 0 bridgehead atoms. The molecule has 144 valence electrons. The molecule has 0 amide bonds. The highest BCUT2D eigenvalue weighted by atomic mass is 32.2. The Balaban J connectivity index is 1.66. The van der Waals surface area contributed by atoms with Crippen molar-refractivity contribution in [3.63, 3.8) is 0 Å². The first-order valence-electron chi connectivity index (χ1n) is 9.40. The van der Waals surface area contributed by atoms with Crippen molar-refractivity contribution in [3.05, 3.63) is 29.8 Å². The zero-order valence-electron chi connectivity index (χ0n) is 15.6. The Labute approximate surface area is 156 Å². The maximum Gasteiger partial charge on any atom is 0.191 e. The summed E-state index contributed by atoms with van der Waals surface area (Å²) in [6.07, 6.45) is 1.60. The summed E-state index contributed by atoms with van der Waals surface area (Å²) in [6, 6.07) is 8.21. The number of ether oxygens (including phenoxy) is 1. The Kier molecular flexibility index (Phi) is 6.06. The van der Waals surface area contributed by atoms with Crippen LogP contribution in [-0.4, -0.2) is 45.6 Å². The number of nitrogens with one attached hydrogen (secondary N) is 2. The number of sulfone groups is 1. The van der Waals surface area contributed by atoms with E-state index < -0.39 is 9.84 Å². The van der Waals surface area contributed by atoms with Crippen molar-refractivity contribution in [2.24, 2.45) is 16.8 Å². The fourth-order valence-electron chi connectivity index (χ4n) is 3.36. The summed E-state index contributed by atoms with van der Waals surface area (Å²) in [7, 11) is -2.85. The van der Waals surface area contributed by atoms with Crippen molar-refractivity contribution in [2.75, 3.05) is 31.2 Å². The van der Waals surface area contributed by atoms with Crippen LogP contribution in [0.25, 0.3) is 0 Å². The van der Waals surface area contributed by atoms with Gasteiger partial charge < -0.3 is 15.4 Å². The highest BCUT2D eigenvalue weighted by Crippen LogP contribution is 2.31. The number of para-hydroxylation sites is 1. The van der Waals surface area contributed by atoms with Crippen LogP contribution in [0.1, 0.15) is 38.3 Å². The summed E-state index contributed by atoms with van der Waals surface area (Å²) in [6.45, 7) is 6.30. The van der Waals surface area contributed by atoms with E-state index in [0.29, 0.717) is 24.8 Å². The van der Waals surface area contributed by atoms with Crippen LogP contribution in [0.5, 0.6) is 5.75 Å². The Morgan fingerprint density at radius 1 is 1.31 bits per heavy atom. The van der Waals surface area contributed by atoms with Gasteiger partial charge in [-0.25, -0.2) is 8.42 Å². The Bertz CT molecular complexity index is 746. The highest BCUT2D eigenvalue weighted by molar-refractivity contribution is 7.91. The van der Waals surface area contributed by atoms with Gasteiger partial charge in [0.15, 0.2) is 15.8 Å². The average molecular weight is 380 g/mol. The minimum atomic E-state index is -2.85. The molecule has 1 fully saturated rings. The van der Waals surface area contributed by atoms with E-state index in [-0.39, 0.29) is 17.7 Å². The molecule has 0 radical (unpaired) electrons. The van der Waals surface area contributed by atoms with Gasteiger partial charge in [0, 0.05) is 25.1 Å². The first-order chi connectivity index (χ1) is 12.4. The van der Waals surface area contributed by atoms with Gasteiger partial charge in [0.05, 0.1) is 24.2 Å². The van der Waals surface area contributed by atoms with E-state index in [0.717, 1.165) is 36.7 Å². The molecule has 0 aromatic heterocycles. The zero-order chi connectivity index (χ0) is 18.6. The Hall–Kier alpha value is -1.76. The topological polar surface area (TPSA) is 79.8 Å². The number of hydrogen-bond donors (Lipinski definition) is 2. The quantitative estimate of drug-likeness (QED) is 0.605. The molecule has 2 aliphatic heterocycles. The SMILES string of the molecule is CC(C)CN=C(NCC1CCS(=O)(=O)C1)NC1CCOc2ccccc21. The van der Waals surface area contributed by atoms with Gasteiger partial charge in [0.1, 0.15) is 5.75 Å². The number of rotatable bonds is 5. The molecule has 2 aliphatic rings. The van der Waals surface area contributed by atoms with Crippen LogP contribution in [-0.2, 0) is 9.84 Å². The molecule has 0 aliphatic carbocycles. The third-order valence-corrected chi connectivity index (χ3v) is 6.61. The second-order valence-corrected chi connectivity index (χ2v) is 9.83. The minimum absolute atomic E-state index is 0.144. The number of aliphatic imine (C=N–C) groups is 1. The first kappa shape index (κ1) is 19.0. The smallest absolute Gasteiger partial charge is 0.191 e. The predicted molar refractivity (Wildman–Crippen MR) is 104 cm³/mol. The van der Waals surface area contributed by atoms with Gasteiger partial charge in [-0.15, -0.1) is 0 Å². The first-order valence-corrected chi connectivity index (χ1v) is 11.2. The van der Waals surface area contributed by atoms with Gasteiger partial charge in [-0.2, -0.15) is 0 Å². The lowest BCUT2D eigenvalue weighted by atomic mass is 10.0. The third kappa shape index (κ3) is 5.13. The molecule has 2 unspecified atom stereocenters. The summed E-state index contributed by atoms with van der Waals surface area (Å²) in [5.74, 6) is 2.87. The largest absolute Gasteiger partial charge is 0.493 e. The molecule has 2 N–H and O–H groups in total. The van der Waals surface area contributed by atoms with E-state index in [4.69, 9.17) is 9.73 Å². The summed E-state index contributed by atoms with van der Waals surface area (Å²) in [5.41, 5.74) is 1.14. The second-order valence-electron chi connectivity index (χ2n) is 7.60. The fourth-order valence-corrected chi connectivity index (χ4v) is 5.22. The second kappa shape index (κ2) is 8.29. The summed E-state index contributed by atoms with van der Waals surface area (Å²) < 4.78 is 29.1. The van der Waals surface area contributed by atoms with E-state index in [9.17, 15) is 8.42 Å². The fraction of sp³-hybridized carbons (Fsp3) is 0.632. The van der Waals surface area contributed by atoms with Crippen LogP contribution in [0.15, 0.2) is 29.3 Å². The van der Waals surface area contributed by atoms with Crippen molar-refractivity contribution in [1.82, 2.24) is 10.6 Å². The van der Waals surface area contributed by atoms with E-state index in [2.05, 4.69) is 30.5 Å². The molecule has 7 heteroatoms. The minimum Gasteiger partial charge on any atom is -0.493 e. The van der Waals surface area contributed by atoms with Crippen molar-refractivity contribution in [2.45, 2.75) is 32.7 Å². The monoisotopic (exact) mass is 379 g/mol. The van der Waals surface area contributed by atoms with Gasteiger partial charge >= 0.3 is 0 Å². The summed E-state index contributed by atoms with van der Waals surface area (Å²) in [4.78, 5) is 4.69. The van der Waals surface area contributed by atoms with Crippen molar-refractivity contribution in [3.8, 4) is 5.75 Å². The van der Waals surface area contributed by atoms with Crippen LogP contribution >= 0.6 is 0 Å². The number of nitrogens with zero attached hydrogens (tertiary/aromatic N) is 1. The van der Waals surface area contributed by atoms with Crippen molar-refractivity contribution < 1.29 is 13.2 Å². The van der Waals surface area contributed by atoms with Crippen LogP contribution in [0.2, 0.25) is 0 Å². The molecule has 2 heterocycles. The van der Waals surface area contributed by atoms with Crippen LogP contribution in [0, 0.1) is 11.8 Å². The number of guanidine groups is 1. The average Bonchev–Trinajstić information content (AvgIpc) is 2.96. The summed E-state index contributed by atoms with van der Waals surface area (Å²) >= 11 is 0. The normalized spacial score (nSPS) is 24.8. The molecule has 6 nitrogen and oxygen atoms in total. The molecule has 2 atom stereocenters. The summed E-state index contributed by atoms with van der Waals surface area (Å²) in [5, 5.41) is 6.89. The Morgan fingerprint density at radius 3 is 2.85 bits per heavy atom. The van der Waals surface area contributed by atoms with Crippen LogP contribution in [0.3, 0.4) is 0 Å². The van der Waals surface area contributed by atoms with Crippen LogP contribution < -0.4 is 15.4 Å². The standard InChI is InChI=1S/C19H29N3O3S/c1-14(2)11-20-19(21-12-15-8-10-26(23,24)13-15)22-17-7-9-25-18-6-4-3-5-16(17)18/h3-6,14-15,17H,7-13H2,1-2H3,(H2,20,21,22). The molecule has 0 spiro atoms. The van der Waals surface area contributed by atoms with Gasteiger partial charge in [-0.3, -0.25) is 4.99 Å². The number of fused-ring (bicyclic) bond motifs is 1. The van der Waals surface area contributed by atoms with E-state index in [1.54, 1.807) is 0 Å². The molecule has 1 saturated heterocycles. The van der Waals surface area contributed by atoms with Gasteiger partial charge in [-0.1, -0.05) is 32.0 Å². The molecule has 26 heavy (non-hydrogen) atoms. The van der Waals surface area contributed by atoms with E-state index in [1.807, 2.05) is 18.2 Å². The van der Waals surface area contributed by atoms with Crippen molar-refractivity contribution >= 4 is 15.8 Å². The number of benzene rings is 1. The van der Waals surface area contributed by atoms with E-state index >= 15 is 0 Å². The number of hydrogen-bond acceptors (Lipinski definition) is 4. The van der Waals surface area contributed by atoms with Crippen molar-refractivity contribution in [1.29, 1.82) is 0 Å². The molecular formula is C19H29N3O3S. The zero-order valence-corrected chi connectivity index (χ0v) is 16.4. The van der Waals surface area contributed by atoms with Gasteiger partial charge in [0.2, 0.25) is 0 Å². The van der Waals surface area contributed by atoms with Crippen LogP contribution in [0.4, 0.5) is 0 Å². The predicted octanol–water partition coefficient (Wildman–Crippen LogP) is 2.14. The maximum atomic E-state index is 11.7. The van der Waals surface area contributed by atoms with E-state index in [1.165, 1.54) is 0 Å². The molecular weight excluding hydrogens is 350 g/mol. The maximum absolute atomic E-state index is 11.7. The lowest BCUT2D eigenvalue weighted by Gasteiger charge is -2.28. The highest BCUT2D eigenvalue weighted by Gasteiger charge is 2.28. The third-order valence-electron chi connectivity index (χ3n) is 4.77. The molecule has 0 saturated carbocycles. The Morgan fingerprint density at radius 2 is 2.12 bits per heavy atom. The molecule has 3 rings (SSSR count). The lowest BCUT2D eigenvalue weighted by molar-refractivity contribution is 0.261. The van der Waals surface area contributed by atoms with Gasteiger partial charge in [0.25, 0.3) is 0 Å². The lowest BCUT2D eigenvalue weighted by Crippen LogP contribution is -2.43. The molecule has 1 aromatic rings. The van der Waals surface area contributed by atoms with Gasteiger partial charge in [-0.05, 0) is 24.3 Å².